The molecule has 2 aromatic rings. The maximum Gasteiger partial charge on any atom is 0.0458 e. The highest BCUT2D eigenvalue weighted by atomic mass is 79.9. The minimum absolute atomic E-state index is 0.525. The summed E-state index contributed by atoms with van der Waals surface area (Å²) in [6.45, 7) is 1.14. The van der Waals surface area contributed by atoms with Crippen LogP contribution in [0.3, 0.4) is 0 Å². The van der Waals surface area contributed by atoms with Crippen molar-refractivity contribution in [2.24, 2.45) is 0 Å². The van der Waals surface area contributed by atoms with Crippen molar-refractivity contribution in [3.63, 3.8) is 0 Å². The van der Waals surface area contributed by atoms with E-state index in [-0.39, 0.29) is 0 Å². The molecule has 3 rings (SSSR count). The van der Waals surface area contributed by atoms with Gasteiger partial charge in [0.15, 0.2) is 0 Å². The van der Waals surface area contributed by atoms with Gasteiger partial charge in [0.25, 0.3) is 0 Å². The summed E-state index contributed by atoms with van der Waals surface area (Å²) in [4.78, 5) is 3.35. The molecule has 16 heavy (non-hydrogen) atoms. The van der Waals surface area contributed by atoms with Crippen LogP contribution in [0.25, 0.3) is 10.9 Å². The third kappa shape index (κ3) is 1.78. The predicted molar refractivity (Wildman–Crippen MR) is 70.6 cm³/mol. The van der Waals surface area contributed by atoms with E-state index in [9.17, 15) is 0 Å². The zero-order chi connectivity index (χ0) is 11.0. The fourth-order valence-electron chi connectivity index (χ4n) is 2.52. The number of benzene rings is 1. The van der Waals surface area contributed by atoms with Crippen LogP contribution in [-0.2, 0) is 0 Å². The summed E-state index contributed by atoms with van der Waals surface area (Å²) < 4.78 is 1.15. The van der Waals surface area contributed by atoms with Crippen molar-refractivity contribution < 1.29 is 0 Å². The predicted octanol–water partition coefficient (Wildman–Crippen LogP) is 3.75. The molecule has 1 saturated heterocycles. The third-order valence-electron chi connectivity index (χ3n) is 3.36. The van der Waals surface area contributed by atoms with Gasteiger partial charge in [0.2, 0.25) is 0 Å². The molecule has 0 aliphatic carbocycles. The van der Waals surface area contributed by atoms with Gasteiger partial charge in [-0.25, -0.2) is 0 Å². The summed E-state index contributed by atoms with van der Waals surface area (Å²) in [5.41, 5.74) is 2.64. The first kappa shape index (κ1) is 10.4. The Balaban J connectivity index is 2.05. The molecule has 84 valence electrons. The zero-order valence-corrected chi connectivity index (χ0v) is 10.7. The Labute approximate surface area is 104 Å². The number of aromatic nitrogens is 1. The Bertz CT molecular complexity index is 498. The minimum atomic E-state index is 0.525. The van der Waals surface area contributed by atoms with E-state index in [0.717, 1.165) is 11.0 Å². The summed E-state index contributed by atoms with van der Waals surface area (Å²) >= 11 is 3.54. The van der Waals surface area contributed by atoms with Crippen LogP contribution in [0.5, 0.6) is 0 Å². The lowest BCUT2D eigenvalue weighted by molar-refractivity contribution is 0.414. The molecule has 2 heterocycles. The second kappa shape index (κ2) is 4.22. The molecule has 0 bridgehead atoms. The first-order chi connectivity index (χ1) is 7.84. The summed E-state index contributed by atoms with van der Waals surface area (Å²) in [5, 5.41) is 4.94. The van der Waals surface area contributed by atoms with Crippen molar-refractivity contribution in [3.05, 3.63) is 34.4 Å². The van der Waals surface area contributed by atoms with Crippen molar-refractivity contribution >= 4 is 26.8 Å². The number of fused-ring (bicyclic) bond motifs is 1. The zero-order valence-electron chi connectivity index (χ0n) is 9.09. The van der Waals surface area contributed by atoms with E-state index in [4.69, 9.17) is 0 Å². The molecule has 0 amide bonds. The Morgan fingerprint density at radius 2 is 2.19 bits per heavy atom. The van der Waals surface area contributed by atoms with Gasteiger partial charge < -0.3 is 10.3 Å². The van der Waals surface area contributed by atoms with E-state index < -0.39 is 0 Å². The van der Waals surface area contributed by atoms with E-state index in [0.29, 0.717) is 6.04 Å². The lowest BCUT2D eigenvalue weighted by Crippen LogP contribution is -2.26. The smallest absolute Gasteiger partial charge is 0.0458 e. The number of H-pyrrole nitrogens is 1. The molecule has 2 nitrogen and oxygen atoms in total. The van der Waals surface area contributed by atoms with E-state index in [1.165, 1.54) is 35.7 Å². The van der Waals surface area contributed by atoms with Gasteiger partial charge >= 0.3 is 0 Å². The molecular formula is C13H15BrN2. The largest absolute Gasteiger partial charge is 0.361 e. The molecule has 1 aromatic carbocycles. The number of piperidine rings is 1. The number of hydrogen-bond donors (Lipinski definition) is 2. The van der Waals surface area contributed by atoms with Crippen LogP contribution in [-0.4, -0.2) is 11.5 Å². The maximum absolute atomic E-state index is 3.60. The van der Waals surface area contributed by atoms with E-state index >= 15 is 0 Å². The van der Waals surface area contributed by atoms with Crippen LogP contribution in [0.2, 0.25) is 0 Å². The first-order valence-corrected chi connectivity index (χ1v) is 6.64. The summed E-state index contributed by atoms with van der Waals surface area (Å²) in [6, 6.07) is 6.94. The minimum Gasteiger partial charge on any atom is -0.361 e. The van der Waals surface area contributed by atoms with Crippen LogP contribution >= 0.6 is 15.9 Å². The molecule has 0 radical (unpaired) electrons. The third-order valence-corrected chi connectivity index (χ3v) is 3.85. The lowest BCUT2D eigenvalue weighted by Gasteiger charge is -2.23. The molecule has 3 heteroatoms. The lowest BCUT2D eigenvalue weighted by atomic mass is 9.97. The Morgan fingerprint density at radius 3 is 3.00 bits per heavy atom. The average molecular weight is 279 g/mol. The molecule has 2 N–H and O–H groups in total. The fourth-order valence-corrected chi connectivity index (χ4v) is 2.88. The van der Waals surface area contributed by atoms with Gasteiger partial charge in [-0.15, -0.1) is 0 Å². The molecule has 1 aromatic heterocycles. The SMILES string of the molecule is Brc1ccc2[nH]cc([C@@H]3CCCCN3)c2c1. The van der Waals surface area contributed by atoms with E-state index in [1.807, 2.05) is 0 Å². The molecule has 1 atom stereocenters. The molecule has 0 unspecified atom stereocenters. The van der Waals surface area contributed by atoms with Crippen LogP contribution in [0, 0.1) is 0 Å². The number of halogens is 1. The highest BCUT2D eigenvalue weighted by Gasteiger charge is 2.17. The number of nitrogens with one attached hydrogen (secondary N) is 2. The van der Waals surface area contributed by atoms with Crippen LogP contribution in [0.1, 0.15) is 30.9 Å². The van der Waals surface area contributed by atoms with Gasteiger partial charge in [-0.1, -0.05) is 22.4 Å². The topological polar surface area (TPSA) is 27.8 Å². The Hall–Kier alpha value is -0.800. The number of rotatable bonds is 1. The summed E-state index contributed by atoms with van der Waals surface area (Å²) in [6.07, 6.45) is 6.04. The highest BCUT2D eigenvalue weighted by molar-refractivity contribution is 9.10. The number of hydrogen-bond acceptors (Lipinski definition) is 1. The van der Waals surface area contributed by atoms with Gasteiger partial charge in [-0.3, -0.25) is 0 Å². The van der Waals surface area contributed by atoms with Crippen LogP contribution in [0.15, 0.2) is 28.9 Å². The van der Waals surface area contributed by atoms with Crippen molar-refractivity contribution in [2.75, 3.05) is 6.54 Å². The van der Waals surface area contributed by atoms with Crippen molar-refractivity contribution in [1.29, 1.82) is 0 Å². The molecule has 1 aliphatic rings. The first-order valence-electron chi connectivity index (χ1n) is 5.84. The van der Waals surface area contributed by atoms with Gasteiger partial charge in [0, 0.05) is 27.6 Å². The van der Waals surface area contributed by atoms with Gasteiger partial charge in [0.05, 0.1) is 0 Å². The summed E-state index contributed by atoms with van der Waals surface area (Å²) in [7, 11) is 0. The summed E-state index contributed by atoms with van der Waals surface area (Å²) in [5.74, 6) is 0. The monoisotopic (exact) mass is 278 g/mol. The standard InChI is InChI=1S/C13H15BrN2/c14-9-4-5-13-10(7-9)11(8-16-13)12-3-1-2-6-15-12/h4-5,7-8,12,15-16H,1-3,6H2/t12-/m0/s1. The van der Waals surface area contributed by atoms with Crippen LogP contribution < -0.4 is 5.32 Å². The van der Waals surface area contributed by atoms with Gasteiger partial charge in [0.1, 0.15) is 0 Å². The highest BCUT2D eigenvalue weighted by Crippen LogP contribution is 2.30. The van der Waals surface area contributed by atoms with Crippen molar-refractivity contribution in [2.45, 2.75) is 25.3 Å². The molecule has 1 aliphatic heterocycles. The maximum atomic E-state index is 3.60. The van der Waals surface area contributed by atoms with Gasteiger partial charge in [-0.05, 0) is 43.1 Å². The van der Waals surface area contributed by atoms with Gasteiger partial charge in [-0.2, -0.15) is 0 Å². The van der Waals surface area contributed by atoms with Crippen molar-refractivity contribution in [3.8, 4) is 0 Å². The quantitative estimate of drug-likeness (QED) is 0.817. The molecule has 0 saturated carbocycles. The Morgan fingerprint density at radius 1 is 1.25 bits per heavy atom. The van der Waals surface area contributed by atoms with E-state index in [2.05, 4.69) is 50.6 Å². The molecular weight excluding hydrogens is 264 g/mol. The second-order valence-corrected chi connectivity index (χ2v) is 5.35. The average Bonchev–Trinajstić information content (AvgIpc) is 2.73. The van der Waals surface area contributed by atoms with Crippen molar-refractivity contribution in [1.82, 2.24) is 10.3 Å². The molecule has 1 fully saturated rings. The molecule has 0 spiro atoms. The van der Waals surface area contributed by atoms with E-state index in [1.54, 1.807) is 0 Å². The fraction of sp³-hybridized carbons (Fsp3) is 0.385. The Kier molecular flexibility index (Phi) is 2.74. The second-order valence-electron chi connectivity index (χ2n) is 4.44. The number of aromatic amines is 1. The normalized spacial score (nSPS) is 21.4. The van der Waals surface area contributed by atoms with Crippen LogP contribution in [0.4, 0.5) is 0 Å².